The monoisotopic (exact) mass is 454 g/mol. The van der Waals surface area contributed by atoms with Crippen molar-refractivity contribution in [2.24, 2.45) is 0 Å². The summed E-state index contributed by atoms with van der Waals surface area (Å²) in [4.78, 5) is 17.0. The summed E-state index contributed by atoms with van der Waals surface area (Å²) < 4.78 is 12.8. The molecule has 4 aromatic rings. The van der Waals surface area contributed by atoms with E-state index in [0.717, 1.165) is 28.9 Å². The largest absolute Gasteiger partial charge is 0.494 e. The molecule has 0 spiro atoms. The summed E-state index contributed by atoms with van der Waals surface area (Å²) >= 11 is 0. The Morgan fingerprint density at radius 1 is 1.09 bits per heavy atom. The van der Waals surface area contributed by atoms with Gasteiger partial charge in [0.1, 0.15) is 5.75 Å². The Kier molecular flexibility index (Phi) is 6.60. The summed E-state index contributed by atoms with van der Waals surface area (Å²) in [5.74, 6) is 1.55. The first-order valence-corrected chi connectivity index (χ1v) is 11.2. The smallest absolute Gasteiger partial charge is 0.258 e. The minimum atomic E-state index is -0.576. The SMILES string of the molecule is CCCOc1cccc(Cn2cc(-c3noc(-c4ccc(C(C)(C)C#N)cc4)n3)ccc2=O)c1. The quantitative estimate of drug-likeness (QED) is 0.363. The molecule has 0 saturated heterocycles. The zero-order valence-corrected chi connectivity index (χ0v) is 19.5. The number of hydrogen-bond acceptors (Lipinski definition) is 6. The lowest BCUT2D eigenvalue weighted by Crippen LogP contribution is -2.19. The lowest BCUT2D eigenvalue weighted by molar-refractivity contribution is 0.317. The molecule has 0 amide bonds. The van der Waals surface area contributed by atoms with Gasteiger partial charge in [0.05, 0.1) is 24.6 Å². The van der Waals surface area contributed by atoms with Gasteiger partial charge in [-0.15, -0.1) is 0 Å². The Labute approximate surface area is 198 Å². The molecule has 0 N–H and O–H groups in total. The van der Waals surface area contributed by atoms with Crippen LogP contribution in [0.4, 0.5) is 0 Å². The molecule has 7 nitrogen and oxygen atoms in total. The predicted octanol–water partition coefficient (Wildman–Crippen LogP) is 5.20. The van der Waals surface area contributed by atoms with Crippen LogP contribution in [0.15, 0.2) is 76.2 Å². The fraction of sp³-hybridized carbons (Fsp3) is 0.259. The number of pyridine rings is 1. The first-order chi connectivity index (χ1) is 16.4. The zero-order chi connectivity index (χ0) is 24.1. The van der Waals surface area contributed by atoms with E-state index in [9.17, 15) is 10.1 Å². The highest BCUT2D eigenvalue weighted by atomic mass is 16.5. The van der Waals surface area contributed by atoms with Crippen molar-refractivity contribution in [3.63, 3.8) is 0 Å². The number of hydrogen-bond donors (Lipinski definition) is 0. The van der Waals surface area contributed by atoms with E-state index in [4.69, 9.17) is 9.26 Å². The molecule has 172 valence electrons. The summed E-state index contributed by atoms with van der Waals surface area (Å²) in [6.07, 6.45) is 2.66. The van der Waals surface area contributed by atoms with E-state index < -0.39 is 5.41 Å². The van der Waals surface area contributed by atoms with Gasteiger partial charge in [-0.25, -0.2) is 0 Å². The molecule has 2 aromatic carbocycles. The Balaban J connectivity index is 1.56. The minimum absolute atomic E-state index is 0.122. The van der Waals surface area contributed by atoms with Crippen LogP contribution in [-0.2, 0) is 12.0 Å². The normalized spacial score (nSPS) is 11.2. The van der Waals surface area contributed by atoms with E-state index in [-0.39, 0.29) is 5.56 Å². The molecular formula is C27H26N4O3. The van der Waals surface area contributed by atoms with Crippen LogP contribution in [0.3, 0.4) is 0 Å². The van der Waals surface area contributed by atoms with Gasteiger partial charge in [-0.2, -0.15) is 10.2 Å². The van der Waals surface area contributed by atoms with Gasteiger partial charge in [0.15, 0.2) is 0 Å². The maximum absolute atomic E-state index is 12.5. The lowest BCUT2D eigenvalue weighted by atomic mass is 9.86. The van der Waals surface area contributed by atoms with E-state index in [1.54, 1.807) is 16.8 Å². The van der Waals surface area contributed by atoms with Crippen LogP contribution in [0.2, 0.25) is 0 Å². The van der Waals surface area contributed by atoms with Crippen molar-refractivity contribution in [1.29, 1.82) is 5.26 Å². The maximum atomic E-state index is 12.5. The fourth-order valence-corrected chi connectivity index (χ4v) is 3.49. The molecule has 0 fully saturated rings. The van der Waals surface area contributed by atoms with E-state index >= 15 is 0 Å². The number of ether oxygens (including phenoxy) is 1. The average molecular weight is 455 g/mol. The molecule has 0 unspecified atom stereocenters. The van der Waals surface area contributed by atoms with Crippen molar-refractivity contribution in [3.8, 4) is 34.7 Å². The molecule has 0 saturated carbocycles. The molecule has 0 aliphatic heterocycles. The van der Waals surface area contributed by atoms with Crippen LogP contribution < -0.4 is 10.3 Å². The van der Waals surface area contributed by atoms with Crippen LogP contribution in [0.25, 0.3) is 22.8 Å². The van der Waals surface area contributed by atoms with Gasteiger partial charge < -0.3 is 13.8 Å². The topological polar surface area (TPSA) is 93.9 Å². The Bertz CT molecular complexity index is 1380. The Morgan fingerprint density at radius 2 is 1.85 bits per heavy atom. The van der Waals surface area contributed by atoms with Gasteiger partial charge >= 0.3 is 0 Å². The number of nitrogens with zero attached hydrogens (tertiary/aromatic N) is 4. The number of nitriles is 1. The molecule has 2 aromatic heterocycles. The third-order valence-corrected chi connectivity index (χ3v) is 5.52. The van der Waals surface area contributed by atoms with Crippen LogP contribution in [0.1, 0.15) is 38.3 Å². The summed E-state index contributed by atoms with van der Waals surface area (Å²) in [7, 11) is 0. The van der Waals surface area contributed by atoms with Crippen LogP contribution in [0, 0.1) is 11.3 Å². The maximum Gasteiger partial charge on any atom is 0.258 e. The van der Waals surface area contributed by atoms with E-state index in [0.29, 0.717) is 30.4 Å². The summed E-state index contributed by atoms with van der Waals surface area (Å²) in [5.41, 5.74) is 2.61. The second-order valence-corrected chi connectivity index (χ2v) is 8.62. The molecule has 4 rings (SSSR count). The van der Waals surface area contributed by atoms with Crippen molar-refractivity contribution in [2.75, 3.05) is 6.61 Å². The fourth-order valence-electron chi connectivity index (χ4n) is 3.49. The van der Waals surface area contributed by atoms with Crippen molar-refractivity contribution < 1.29 is 9.26 Å². The van der Waals surface area contributed by atoms with E-state index in [1.165, 1.54) is 6.07 Å². The summed E-state index contributed by atoms with van der Waals surface area (Å²) in [6.45, 7) is 6.85. The molecule has 0 aliphatic carbocycles. The van der Waals surface area contributed by atoms with Crippen molar-refractivity contribution in [2.45, 2.75) is 39.2 Å². The number of benzene rings is 2. The highest BCUT2D eigenvalue weighted by Crippen LogP contribution is 2.26. The van der Waals surface area contributed by atoms with Gasteiger partial charge in [0, 0.05) is 23.4 Å². The molecule has 0 atom stereocenters. The van der Waals surface area contributed by atoms with Gasteiger partial charge in [0.2, 0.25) is 5.82 Å². The highest BCUT2D eigenvalue weighted by molar-refractivity contribution is 5.59. The second kappa shape index (κ2) is 9.75. The predicted molar refractivity (Wildman–Crippen MR) is 129 cm³/mol. The third kappa shape index (κ3) is 5.07. The Morgan fingerprint density at radius 3 is 2.59 bits per heavy atom. The minimum Gasteiger partial charge on any atom is -0.494 e. The summed E-state index contributed by atoms with van der Waals surface area (Å²) in [5, 5.41) is 13.4. The second-order valence-electron chi connectivity index (χ2n) is 8.62. The molecular weight excluding hydrogens is 428 g/mol. The lowest BCUT2D eigenvalue weighted by Gasteiger charge is -2.15. The molecule has 7 heteroatoms. The van der Waals surface area contributed by atoms with Gasteiger partial charge in [0.25, 0.3) is 11.4 Å². The molecule has 34 heavy (non-hydrogen) atoms. The van der Waals surface area contributed by atoms with Crippen molar-refractivity contribution in [1.82, 2.24) is 14.7 Å². The van der Waals surface area contributed by atoms with Crippen LogP contribution in [0.5, 0.6) is 5.75 Å². The Hall–Kier alpha value is -4.18. The van der Waals surface area contributed by atoms with Gasteiger partial charge in [-0.3, -0.25) is 4.79 Å². The first-order valence-electron chi connectivity index (χ1n) is 11.2. The molecule has 0 radical (unpaired) electrons. The van der Waals surface area contributed by atoms with Crippen molar-refractivity contribution >= 4 is 0 Å². The van der Waals surface area contributed by atoms with Gasteiger partial charge in [-0.05, 0) is 61.7 Å². The zero-order valence-electron chi connectivity index (χ0n) is 19.5. The molecule has 0 bridgehead atoms. The van der Waals surface area contributed by atoms with Crippen LogP contribution in [-0.4, -0.2) is 21.3 Å². The standard InChI is InChI=1S/C27H26N4O3/c1-4-14-33-23-7-5-6-19(15-23)16-31-17-21(10-13-24(31)32)25-29-26(34-30-25)20-8-11-22(12-9-20)27(2,3)18-28/h5-13,15,17H,4,14,16H2,1-3H3. The summed E-state index contributed by atoms with van der Waals surface area (Å²) in [6, 6.07) is 20.7. The van der Waals surface area contributed by atoms with E-state index in [2.05, 4.69) is 23.1 Å². The number of rotatable bonds is 8. The van der Waals surface area contributed by atoms with Gasteiger partial charge in [-0.1, -0.05) is 36.3 Å². The first kappa shape index (κ1) is 23.0. The number of aromatic nitrogens is 3. The average Bonchev–Trinajstić information content (AvgIpc) is 3.35. The van der Waals surface area contributed by atoms with E-state index in [1.807, 2.05) is 62.4 Å². The highest BCUT2D eigenvalue weighted by Gasteiger charge is 2.20. The van der Waals surface area contributed by atoms with Crippen molar-refractivity contribution in [3.05, 3.63) is 88.3 Å². The molecule has 2 heterocycles. The van der Waals surface area contributed by atoms with Crippen LogP contribution >= 0.6 is 0 Å². The molecule has 0 aliphatic rings. The third-order valence-electron chi connectivity index (χ3n) is 5.52.